The molecule has 2 heterocycles. The summed E-state index contributed by atoms with van der Waals surface area (Å²) in [7, 11) is 3.09. The Hall–Kier alpha value is -2.32. The second-order valence-corrected chi connectivity index (χ2v) is 7.26. The molecule has 1 aromatic carbocycles. The van der Waals surface area contributed by atoms with Crippen LogP contribution in [0, 0.1) is 5.82 Å². The average molecular weight is 396 g/mol. The van der Waals surface area contributed by atoms with Crippen LogP contribution in [-0.4, -0.2) is 77.7 Å². The van der Waals surface area contributed by atoms with Crippen LogP contribution in [-0.2, 0) is 4.79 Å². The summed E-state index contributed by atoms with van der Waals surface area (Å²) in [5.74, 6) is -1.19. The van der Waals surface area contributed by atoms with Gasteiger partial charge in [0, 0.05) is 29.7 Å². The maximum Gasteiger partial charge on any atom is 0.500 e. The molecule has 0 spiro atoms. The number of benzene rings is 1. The van der Waals surface area contributed by atoms with E-state index in [9.17, 15) is 18.8 Å². The number of rotatable bonds is 3. The van der Waals surface area contributed by atoms with E-state index in [1.165, 1.54) is 17.7 Å². The molecular formula is C18H21ClFN4O3+. The number of amides is 4. The van der Waals surface area contributed by atoms with E-state index in [2.05, 4.69) is 5.32 Å². The monoisotopic (exact) mass is 395 g/mol. The molecule has 144 valence electrons. The number of likely N-dealkylation sites (tertiary alicyclic amines) is 1. The second-order valence-electron chi connectivity index (χ2n) is 6.83. The minimum atomic E-state index is -0.559. The number of carbonyl (C=O) groups excluding carboxylic acids is 3. The molecule has 3 rings (SSSR count). The van der Waals surface area contributed by atoms with Gasteiger partial charge in [0.05, 0.1) is 14.1 Å². The number of urea groups is 1. The van der Waals surface area contributed by atoms with Gasteiger partial charge in [-0.2, -0.15) is 9.69 Å². The van der Waals surface area contributed by atoms with Gasteiger partial charge in [-0.05, 0) is 31.0 Å². The van der Waals surface area contributed by atoms with Crippen LogP contribution in [0.2, 0.25) is 5.02 Å². The Kier molecular flexibility index (Phi) is 5.57. The predicted molar refractivity (Wildman–Crippen MR) is 97.7 cm³/mol. The maximum absolute atomic E-state index is 13.4. The summed E-state index contributed by atoms with van der Waals surface area (Å²) in [5.41, 5.74) is 0.181. The lowest BCUT2D eigenvalue weighted by Crippen LogP contribution is -2.59. The van der Waals surface area contributed by atoms with Gasteiger partial charge in [0.1, 0.15) is 12.0 Å². The number of piperidine rings is 1. The Labute approximate surface area is 161 Å². The van der Waals surface area contributed by atoms with E-state index in [4.69, 9.17) is 11.6 Å². The van der Waals surface area contributed by atoms with Crippen LogP contribution in [0.1, 0.15) is 23.2 Å². The zero-order chi connectivity index (χ0) is 19.7. The SMILES string of the molecule is CN1C(=O)C(N2CCC(NC(=O)c3cc(F)cc(Cl)c3)CC2)C=[N+](C)C1=O. The van der Waals surface area contributed by atoms with Crippen LogP contribution in [0.3, 0.4) is 0 Å². The molecule has 1 N–H and O–H groups in total. The van der Waals surface area contributed by atoms with Gasteiger partial charge in [0.2, 0.25) is 0 Å². The molecular weight excluding hydrogens is 375 g/mol. The van der Waals surface area contributed by atoms with Gasteiger partial charge in [-0.3, -0.25) is 9.69 Å². The van der Waals surface area contributed by atoms with E-state index in [1.807, 2.05) is 4.90 Å². The van der Waals surface area contributed by atoms with Crippen molar-refractivity contribution in [1.82, 2.24) is 15.1 Å². The number of likely N-dealkylation sites (N-methyl/N-ethyl adjacent to an activating group) is 1. The van der Waals surface area contributed by atoms with Crippen molar-refractivity contribution in [3.8, 4) is 0 Å². The van der Waals surface area contributed by atoms with Crippen LogP contribution in [0.15, 0.2) is 18.2 Å². The summed E-state index contributed by atoms with van der Waals surface area (Å²) < 4.78 is 14.8. The molecule has 0 radical (unpaired) electrons. The second kappa shape index (κ2) is 7.74. The molecule has 1 atom stereocenters. The Balaban J connectivity index is 1.60. The third-order valence-electron chi connectivity index (χ3n) is 4.92. The van der Waals surface area contributed by atoms with E-state index in [-0.39, 0.29) is 34.5 Å². The summed E-state index contributed by atoms with van der Waals surface area (Å²) in [6, 6.07) is 2.80. The number of nitrogens with one attached hydrogen (secondary N) is 1. The van der Waals surface area contributed by atoms with Crippen LogP contribution in [0.5, 0.6) is 0 Å². The molecule has 1 unspecified atom stereocenters. The van der Waals surface area contributed by atoms with Gasteiger partial charge >= 0.3 is 11.9 Å². The number of carbonyl (C=O) groups is 3. The van der Waals surface area contributed by atoms with Crippen molar-refractivity contribution in [3.63, 3.8) is 0 Å². The molecule has 7 nitrogen and oxygen atoms in total. The molecule has 0 aromatic heterocycles. The average Bonchev–Trinajstić information content (AvgIpc) is 2.63. The van der Waals surface area contributed by atoms with Crippen molar-refractivity contribution in [1.29, 1.82) is 0 Å². The Bertz CT molecular complexity index is 801. The first kappa shape index (κ1) is 19.4. The zero-order valence-electron chi connectivity index (χ0n) is 15.1. The van der Waals surface area contributed by atoms with Crippen LogP contribution in [0.4, 0.5) is 9.18 Å². The van der Waals surface area contributed by atoms with Gasteiger partial charge < -0.3 is 5.32 Å². The Morgan fingerprint density at radius 1 is 1.26 bits per heavy atom. The third kappa shape index (κ3) is 4.17. The molecule has 1 saturated heterocycles. The van der Waals surface area contributed by atoms with Crippen molar-refractivity contribution in [2.24, 2.45) is 0 Å². The minimum Gasteiger partial charge on any atom is -0.349 e. The lowest BCUT2D eigenvalue weighted by molar-refractivity contribution is -0.401. The molecule has 0 bridgehead atoms. The highest BCUT2D eigenvalue weighted by atomic mass is 35.5. The molecule has 4 amide bonds. The Morgan fingerprint density at radius 3 is 2.56 bits per heavy atom. The molecule has 2 aliphatic rings. The van der Waals surface area contributed by atoms with Crippen LogP contribution >= 0.6 is 11.6 Å². The van der Waals surface area contributed by atoms with Crippen molar-refractivity contribution < 1.29 is 23.3 Å². The summed E-state index contributed by atoms with van der Waals surface area (Å²) in [6.45, 7) is 1.19. The zero-order valence-corrected chi connectivity index (χ0v) is 15.9. The number of hydrogen-bond acceptors (Lipinski definition) is 4. The van der Waals surface area contributed by atoms with E-state index in [0.717, 1.165) is 17.0 Å². The molecule has 1 aromatic rings. The van der Waals surface area contributed by atoms with Gasteiger partial charge in [0.25, 0.3) is 5.91 Å². The highest BCUT2D eigenvalue weighted by Gasteiger charge is 2.42. The smallest absolute Gasteiger partial charge is 0.349 e. The predicted octanol–water partition coefficient (Wildman–Crippen LogP) is 1.35. The fraction of sp³-hybridized carbons (Fsp3) is 0.444. The summed E-state index contributed by atoms with van der Waals surface area (Å²) in [4.78, 5) is 39.6. The lowest BCUT2D eigenvalue weighted by Gasteiger charge is -2.36. The van der Waals surface area contributed by atoms with Gasteiger partial charge in [-0.1, -0.05) is 11.6 Å². The molecule has 0 aliphatic carbocycles. The third-order valence-corrected chi connectivity index (χ3v) is 5.14. The molecule has 2 aliphatic heterocycles. The molecule has 1 fully saturated rings. The highest BCUT2D eigenvalue weighted by Crippen LogP contribution is 2.18. The van der Waals surface area contributed by atoms with E-state index in [0.29, 0.717) is 25.9 Å². The van der Waals surface area contributed by atoms with Gasteiger partial charge in [0.15, 0.2) is 6.04 Å². The normalized spacial score (nSPS) is 22.0. The van der Waals surface area contributed by atoms with Crippen molar-refractivity contribution in [2.75, 3.05) is 27.2 Å². The lowest BCUT2D eigenvalue weighted by atomic mass is 10.0. The number of hydrogen-bond donors (Lipinski definition) is 1. The first-order valence-electron chi connectivity index (χ1n) is 8.66. The summed E-state index contributed by atoms with van der Waals surface area (Å²) in [5, 5.41) is 3.06. The first-order chi connectivity index (χ1) is 12.8. The largest absolute Gasteiger partial charge is 0.500 e. The van der Waals surface area contributed by atoms with E-state index >= 15 is 0 Å². The number of imide groups is 1. The maximum atomic E-state index is 13.4. The number of nitrogens with zero attached hydrogens (tertiary/aromatic N) is 3. The molecule has 0 saturated carbocycles. The standard InChI is InChI=1S/C18H20ClFN4O3/c1-22-10-15(17(26)23(2)18(22)27)24-5-3-14(4-6-24)21-16(25)11-7-12(19)9-13(20)8-11/h7-10,14-15H,3-6H2,1-2H3/p+1. The van der Waals surface area contributed by atoms with E-state index < -0.39 is 11.9 Å². The fourth-order valence-electron chi connectivity index (χ4n) is 3.39. The quantitative estimate of drug-likeness (QED) is 0.784. The molecule has 27 heavy (non-hydrogen) atoms. The highest BCUT2D eigenvalue weighted by molar-refractivity contribution is 6.31. The van der Waals surface area contributed by atoms with Gasteiger partial charge in [-0.25, -0.2) is 13.8 Å². The number of halogens is 2. The van der Waals surface area contributed by atoms with Gasteiger partial charge in [-0.15, -0.1) is 0 Å². The van der Waals surface area contributed by atoms with E-state index in [1.54, 1.807) is 13.3 Å². The fourth-order valence-corrected chi connectivity index (χ4v) is 3.62. The minimum absolute atomic E-state index is 0.0772. The topological polar surface area (TPSA) is 72.7 Å². The Morgan fingerprint density at radius 2 is 1.93 bits per heavy atom. The van der Waals surface area contributed by atoms with Crippen molar-refractivity contribution in [2.45, 2.75) is 24.9 Å². The summed E-state index contributed by atoms with van der Waals surface area (Å²) in [6.07, 6.45) is 2.92. The van der Waals surface area contributed by atoms with Crippen molar-refractivity contribution >= 4 is 35.7 Å². The first-order valence-corrected chi connectivity index (χ1v) is 9.04. The summed E-state index contributed by atoms with van der Waals surface area (Å²) >= 11 is 5.80. The van der Waals surface area contributed by atoms with Crippen LogP contribution in [0.25, 0.3) is 0 Å². The van der Waals surface area contributed by atoms with Crippen molar-refractivity contribution in [3.05, 3.63) is 34.6 Å². The van der Waals surface area contributed by atoms with Crippen LogP contribution < -0.4 is 5.32 Å². The molecule has 9 heteroatoms.